The molecule has 0 saturated carbocycles. The minimum atomic E-state index is -1.56. The molecule has 0 bridgehead atoms. The number of rotatable bonds is 1. The lowest BCUT2D eigenvalue weighted by molar-refractivity contribution is -0.143. The monoisotopic (exact) mass is 143 g/mol. The van der Waals surface area contributed by atoms with Crippen LogP contribution in [-0.2, 0) is 4.79 Å². The van der Waals surface area contributed by atoms with E-state index in [-0.39, 0.29) is 0 Å². The summed E-state index contributed by atoms with van der Waals surface area (Å²) in [4.78, 5) is 10.6. The Hall–Kier alpha value is -0.610. The summed E-state index contributed by atoms with van der Waals surface area (Å²) in [5.41, 5.74) is 3.36. The van der Waals surface area contributed by atoms with Gasteiger partial charge in [-0.2, -0.15) is 0 Å². The predicted octanol–water partition coefficient (Wildman–Crippen LogP) is -1.05. The summed E-state index contributed by atoms with van der Waals surface area (Å²) in [7, 11) is 0. The van der Waals surface area contributed by atoms with Gasteiger partial charge in [-0.3, -0.25) is 4.79 Å². The Morgan fingerprint density at radius 3 is 2.60 bits per heavy atom. The molecule has 0 aromatic carbocycles. The molecule has 3 N–H and O–H groups in total. The van der Waals surface area contributed by atoms with E-state index in [0.29, 0.717) is 13.0 Å². The lowest BCUT2D eigenvalue weighted by atomic mass is 10.0. The zero-order chi connectivity index (χ0) is 7.61. The van der Waals surface area contributed by atoms with E-state index in [1.807, 2.05) is 0 Å². The van der Waals surface area contributed by atoms with Crippen molar-refractivity contribution in [2.45, 2.75) is 25.0 Å². The highest BCUT2D eigenvalue weighted by atomic mass is 16.3. The molecule has 1 aliphatic rings. The van der Waals surface area contributed by atoms with Gasteiger partial charge in [0.1, 0.15) is 0 Å². The standard InChI is InChI=1S/C6H11N2O2/c7-5(9)6(10)3-1-2-4-8-6/h10H,1-4H2,(H2,7,9). The van der Waals surface area contributed by atoms with Crippen LogP contribution in [0.5, 0.6) is 0 Å². The Kier molecular flexibility index (Phi) is 1.92. The molecule has 0 aromatic rings. The van der Waals surface area contributed by atoms with E-state index < -0.39 is 11.6 Å². The number of hydrogen-bond donors (Lipinski definition) is 2. The van der Waals surface area contributed by atoms with Crippen LogP contribution in [-0.4, -0.2) is 23.3 Å². The van der Waals surface area contributed by atoms with E-state index in [4.69, 9.17) is 5.73 Å². The van der Waals surface area contributed by atoms with Crippen LogP contribution in [0.4, 0.5) is 0 Å². The quantitative estimate of drug-likeness (QED) is 0.491. The molecule has 1 atom stereocenters. The van der Waals surface area contributed by atoms with Crippen molar-refractivity contribution in [2.24, 2.45) is 5.73 Å². The highest BCUT2D eigenvalue weighted by Gasteiger charge is 2.36. The van der Waals surface area contributed by atoms with E-state index in [1.165, 1.54) is 0 Å². The fourth-order valence-electron chi connectivity index (χ4n) is 1.03. The number of hydrogen-bond acceptors (Lipinski definition) is 2. The first-order valence-corrected chi connectivity index (χ1v) is 3.36. The van der Waals surface area contributed by atoms with Crippen molar-refractivity contribution < 1.29 is 9.90 Å². The van der Waals surface area contributed by atoms with Crippen LogP contribution in [0.2, 0.25) is 0 Å². The Morgan fingerprint density at radius 2 is 2.30 bits per heavy atom. The van der Waals surface area contributed by atoms with E-state index in [1.54, 1.807) is 0 Å². The molecule has 1 fully saturated rings. The Labute approximate surface area is 59.4 Å². The maximum atomic E-state index is 10.6. The molecule has 0 aromatic heterocycles. The molecule has 1 saturated heterocycles. The average Bonchev–Trinajstić information content (AvgIpc) is 1.89. The lowest BCUT2D eigenvalue weighted by Gasteiger charge is -2.27. The molecule has 0 spiro atoms. The number of piperidine rings is 1. The average molecular weight is 143 g/mol. The van der Waals surface area contributed by atoms with Crippen molar-refractivity contribution in [3.8, 4) is 0 Å². The molecular weight excluding hydrogens is 132 g/mol. The summed E-state index contributed by atoms with van der Waals surface area (Å²) in [5, 5.41) is 13.0. The maximum Gasteiger partial charge on any atom is 0.266 e. The topological polar surface area (TPSA) is 77.4 Å². The second kappa shape index (κ2) is 2.56. The third-order valence-corrected chi connectivity index (χ3v) is 1.70. The van der Waals surface area contributed by atoms with Crippen molar-refractivity contribution in [1.29, 1.82) is 0 Å². The van der Waals surface area contributed by atoms with Gasteiger partial charge in [0, 0.05) is 13.0 Å². The third kappa shape index (κ3) is 1.27. The molecule has 1 aliphatic heterocycles. The van der Waals surface area contributed by atoms with Crippen LogP contribution in [0.25, 0.3) is 0 Å². The maximum absolute atomic E-state index is 10.6. The molecule has 4 heteroatoms. The highest BCUT2D eigenvalue weighted by molar-refractivity contribution is 5.82. The second-order valence-electron chi connectivity index (χ2n) is 2.52. The lowest BCUT2D eigenvalue weighted by Crippen LogP contribution is -2.53. The first-order valence-electron chi connectivity index (χ1n) is 3.36. The fourth-order valence-corrected chi connectivity index (χ4v) is 1.03. The molecule has 1 unspecified atom stereocenters. The second-order valence-corrected chi connectivity index (χ2v) is 2.52. The zero-order valence-electron chi connectivity index (χ0n) is 5.71. The highest BCUT2D eigenvalue weighted by Crippen LogP contribution is 2.16. The summed E-state index contributed by atoms with van der Waals surface area (Å²) >= 11 is 0. The summed E-state index contributed by atoms with van der Waals surface area (Å²) in [5.74, 6) is -0.729. The molecule has 1 rings (SSSR count). The van der Waals surface area contributed by atoms with Crippen molar-refractivity contribution in [2.75, 3.05) is 6.54 Å². The van der Waals surface area contributed by atoms with Gasteiger partial charge in [-0.15, -0.1) is 0 Å². The number of carbonyl (C=O) groups is 1. The molecule has 57 valence electrons. The van der Waals surface area contributed by atoms with Gasteiger partial charge >= 0.3 is 0 Å². The first kappa shape index (κ1) is 7.50. The molecule has 10 heavy (non-hydrogen) atoms. The number of nitrogens with zero attached hydrogens (tertiary/aromatic N) is 1. The molecule has 0 aliphatic carbocycles. The molecule has 4 nitrogen and oxygen atoms in total. The predicted molar refractivity (Wildman–Crippen MR) is 35.0 cm³/mol. The fraction of sp³-hybridized carbons (Fsp3) is 0.833. The van der Waals surface area contributed by atoms with E-state index in [2.05, 4.69) is 5.32 Å². The summed E-state index contributed by atoms with van der Waals surface area (Å²) < 4.78 is 0. The number of nitrogens with two attached hydrogens (primary N) is 1. The Bertz CT molecular complexity index is 141. The van der Waals surface area contributed by atoms with Crippen LogP contribution >= 0.6 is 0 Å². The van der Waals surface area contributed by atoms with E-state index in [0.717, 1.165) is 12.8 Å². The van der Waals surface area contributed by atoms with Gasteiger partial charge in [0.2, 0.25) is 5.72 Å². The van der Waals surface area contributed by atoms with Crippen molar-refractivity contribution in [3.05, 3.63) is 0 Å². The van der Waals surface area contributed by atoms with Gasteiger partial charge in [0.05, 0.1) is 0 Å². The van der Waals surface area contributed by atoms with Gasteiger partial charge in [0.25, 0.3) is 5.91 Å². The van der Waals surface area contributed by atoms with Crippen LogP contribution < -0.4 is 11.1 Å². The van der Waals surface area contributed by atoms with Crippen LogP contribution in [0.3, 0.4) is 0 Å². The molecular formula is C6H11N2O2. The first-order chi connectivity index (χ1) is 4.65. The van der Waals surface area contributed by atoms with Crippen LogP contribution in [0, 0.1) is 0 Å². The summed E-state index contributed by atoms with van der Waals surface area (Å²) in [6.45, 7) is 0.541. The molecule has 1 amide bonds. The largest absolute Gasteiger partial charge is 0.366 e. The minimum absolute atomic E-state index is 0.377. The third-order valence-electron chi connectivity index (χ3n) is 1.70. The number of aliphatic hydroxyl groups is 1. The normalized spacial score (nSPS) is 33.7. The van der Waals surface area contributed by atoms with Gasteiger partial charge in [-0.1, -0.05) is 0 Å². The van der Waals surface area contributed by atoms with Crippen molar-refractivity contribution in [1.82, 2.24) is 5.32 Å². The molecule has 1 radical (unpaired) electrons. The minimum Gasteiger partial charge on any atom is -0.366 e. The summed E-state index contributed by atoms with van der Waals surface area (Å²) in [6.07, 6.45) is 2.14. The van der Waals surface area contributed by atoms with Crippen LogP contribution in [0.15, 0.2) is 0 Å². The number of amides is 1. The van der Waals surface area contributed by atoms with Crippen LogP contribution in [0.1, 0.15) is 19.3 Å². The van der Waals surface area contributed by atoms with Gasteiger partial charge in [0.15, 0.2) is 0 Å². The van der Waals surface area contributed by atoms with Gasteiger partial charge in [-0.25, -0.2) is 5.32 Å². The Balaban J connectivity index is 2.56. The summed E-state index contributed by atoms with van der Waals surface area (Å²) in [6, 6.07) is 0. The van der Waals surface area contributed by atoms with Crippen molar-refractivity contribution >= 4 is 5.91 Å². The van der Waals surface area contributed by atoms with Crippen molar-refractivity contribution in [3.63, 3.8) is 0 Å². The smallest absolute Gasteiger partial charge is 0.266 e. The van der Waals surface area contributed by atoms with E-state index >= 15 is 0 Å². The Morgan fingerprint density at radius 1 is 1.60 bits per heavy atom. The number of carbonyl (C=O) groups excluding carboxylic acids is 1. The zero-order valence-corrected chi connectivity index (χ0v) is 5.71. The van der Waals surface area contributed by atoms with E-state index in [9.17, 15) is 9.90 Å². The van der Waals surface area contributed by atoms with Gasteiger partial charge < -0.3 is 10.8 Å². The SMILES string of the molecule is NC(=O)C1(O)CCCC[N]1. The molecule has 1 heterocycles. The number of primary amides is 1. The van der Waals surface area contributed by atoms with Gasteiger partial charge in [-0.05, 0) is 12.8 Å².